The van der Waals surface area contributed by atoms with E-state index in [4.69, 9.17) is 14.2 Å². The van der Waals surface area contributed by atoms with Crippen molar-refractivity contribution in [3.63, 3.8) is 0 Å². The molecule has 2 fully saturated rings. The lowest BCUT2D eigenvalue weighted by Gasteiger charge is -2.17. The minimum absolute atomic E-state index is 0.118. The van der Waals surface area contributed by atoms with Crippen LogP contribution in [-0.4, -0.2) is 72.3 Å². The molecule has 12 nitrogen and oxygen atoms in total. The van der Waals surface area contributed by atoms with Crippen LogP contribution >= 0.6 is 0 Å². The first-order valence-electron chi connectivity index (χ1n) is 9.10. The summed E-state index contributed by atoms with van der Waals surface area (Å²) in [6, 6.07) is 7.09. The number of aromatic nitrogens is 7. The van der Waals surface area contributed by atoms with Crippen molar-refractivity contribution in [2.24, 2.45) is 0 Å². The normalized spacial score (nSPS) is 25.7. The highest BCUT2D eigenvalue weighted by Gasteiger charge is 2.50. The summed E-state index contributed by atoms with van der Waals surface area (Å²) in [5.74, 6) is 0.455. The monoisotopic (exact) mass is 398 g/mol. The van der Waals surface area contributed by atoms with Crippen molar-refractivity contribution in [3.8, 4) is 17.4 Å². The molecule has 0 aliphatic carbocycles. The molecule has 2 aliphatic heterocycles. The van der Waals surface area contributed by atoms with Gasteiger partial charge < -0.3 is 19.5 Å². The summed E-state index contributed by atoms with van der Waals surface area (Å²) in [4.78, 5) is 15.3. The van der Waals surface area contributed by atoms with Crippen LogP contribution in [0, 0.1) is 0 Å². The Morgan fingerprint density at radius 1 is 1.21 bits per heavy atom. The Hall–Kier alpha value is -3.38. The molecule has 3 aromatic rings. The number of hydrogen-bond donors (Lipinski definition) is 1. The van der Waals surface area contributed by atoms with Gasteiger partial charge in [-0.05, 0) is 34.7 Å². The molecule has 0 bridgehead atoms. The Morgan fingerprint density at radius 2 is 2.03 bits per heavy atom. The van der Waals surface area contributed by atoms with Gasteiger partial charge >= 0.3 is 6.01 Å². The summed E-state index contributed by atoms with van der Waals surface area (Å²) in [5.41, 5.74) is 0.852. The first kappa shape index (κ1) is 17.7. The third-order valence-corrected chi connectivity index (χ3v) is 4.92. The smallest absolute Gasteiger partial charge is 0.341 e. The number of hydrogen-bond acceptors (Lipinski definition) is 9. The highest BCUT2D eigenvalue weighted by atomic mass is 16.6. The van der Waals surface area contributed by atoms with Gasteiger partial charge in [0.2, 0.25) is 5.91 Å². The molecule has 0 saturated carbocycles. The van der Waals surface area contributed by atoms with Gasteiger partial charge in [-0.3, -0.25) is 4.79 Å². The molecule has 1 amide bonds. The number of fused-ring (bicyclic) bond motifs is 1. The average molecular weight is 398 g/mol. The SMILES string of the molecule is CC(=O)NC1COC2C1OCC2n1nnnc1Oc1ccc(-n2cncn2)cc1. The van der Waals surface area contributed by atoms with Gasteiger partial charge in [0.25, 0.3) is 0 Å². The van der Waals surface area contributed by atoms with Crippen molar-refractivity contribution in [2.75, 3.05) is 13.2 Å². The fourth-order valence-corrected chi connectivity index (χ4v) is 3.65. The molecular formula is C17H18N8O4. The standard InChI is InChI=1S/C17H18N8O4/c1-10(26)20-13-6-27-16-14(7-28-15(13)16)25-17(21-22-23-25)29-12-4-2-11(3-5-12)24-9-18-8-19-24/h2-5,8-9,13-16H,6-7H2,1H3,(H,20,26). The average Bonchev–Trinajstić information content (AvgIpc) is 3.48. The third kappa shape index (κ3) is 3.32. The van der Waals surface area contributed by atoms with Crippen LogP contribution in [0.1, 0.15) is 13.0 Å². The molecule has 150 valence electrons. The highest BCUT2D eigenvalue weighted by molar-refractivity contribution is 5.73. The summed E-state index contributed by atoms with van der Waals surface area (Å²) in [6.07, 6.45) is 2.56. The molecule has 1 aromatic carbocycles. The molecule has 1 N–H and O–H groups in total. The molecule has 29 heavy (non-hydrogen) atoms. The van der Waals surface area contributed by atoms with E-state index in [1.54, 1.807) is 27.8 Å². The molecule has 2 saturated heterocycles. The molecule has 2 aliphatic rings. The minimum Gasteiger partial charge on any atom is -0.423 e. The molecule has 2 aromatic heterocycles. The molecule has 4 atom stereocenters. The van der Waals surface area contributed by atoms with Crippen molar-refractivity contribution in [2.45, 2.75) is 31.2 Å². The second-order valence-electron chi connectivity index (χ2n) is 6.81. The number of benzene rings is 1. The van der Waals surface area contributed by atoms with Gasteiger partial charge in [-0.15, -0.1) is 0 Å². The number of carbonyl (C=O) groups is 1. The molecule has 4 unspecified atom stereocenters. The minimum atomic E-state index is -0.271. The van der Waals surface area contributed by atoms with Gasteiger partial charge in [-0.1, -0.05) is 5.10 Å². The van der Waals surface area contributed by atoms with Gasteiger partial charge in [0.05, 0.1) is 24.9 Å². The van der Waals surface area contributed by atoms with Crippen LogP contribution in [0.3, 0.4) is 0 Å². The summed E-state index contributed by atoms with van der Waals surface area (Å²) in [5, 5.41) is 18.7. The van der Waals surface area contributed by atoms with Crippen molar-refractivity contribution < 1.29 is 19.0 Å². The van der Waals surface area contributed by atoms with Crippen LogP contribution in [-0.2, 0) is 14.3 Å². The molecule has 12 heteroatoms. The predicted molar refractivity (Wildman–Crippen MR) is 95.4 cm³/mol. The van der Waals surface area contributed by atoms with E-state index in [1.165, 1.54) is 13.3 Å². The first-order chi connectivity index (χ1) is 14.2. The van der Waals surface area contributed by atoms with Crippen LogP contribution < -0.4 is 10.1 Å². The van der Waals surface area contributed by atoms with Gasteiger partial charge in [-0.25, -0.2) is 9.67 Å². The summed E-state index contributed by atoms with van der Waals surface area (Å²) < 4.78 is 20.8. The fraction of sp³-hybridized carbons (Fsp3) is 0.412. The fourth-order valence-electron chi connectivity index (χ4n) is 3.65. The highest BCUT2D eigenvalue weighted by Crippen LogP contribution is 2.36. The lowest BCUT2D eigenvalue weighted by Crippen LogP contribution is -2.43. The topological polar surface area (TPSA) is 131 Å². The van der Waals surface area contributed by atoms with Crippen molar-refractivity contribution in [1.29, 1.82) is 0 Å². The largest absolute Gasteiger partial charge is 0.423 e. The second-order valence-corrected chi connectivity index (χ2v) is 6.81. The lowest BCUT2D eigenvalue weighted by atomic mass is 10.1. The molecule has 0 spiro atoms. The van der Waals surface area contributed by atoms with Crippen molar-refractivity contribution in [1.82, 2.24) is 40.3 Å². The Kier molecular flexibility index (Phi) is 4.41. The number of tetrazole rings is 1. The molecule has 4 heterocycles. The van der Waals surface area contributed by atoms with Crippen LogP contribution in [0.25, 0.3) is 5.69 Å². The number of carbonyl (C=O) groups excluding carboxylic acids is 1. The quantitative estimate of drug-likeness (QED) is 0.625. The Morgan fingerprint density at radius 3 is 2.79 bits per heavy atom. The number of amides is 1. The van der Waals surface area contributed by atoms with Crippen molar-refractivity contribution in [3.05, 3.63) is 36.9 Å². The zero-order valence-electron chi connectivity index (χ0n) is 15.5. The van der Waals surface area contributed by atoms with E-state index in [0.717, 1.165) is 5.69 Å². The van der Waals surface area contributed by atoms with E-state index in [2.05, 4.69) is 30.9 Å². The summed E-state index contributed by atoms with van der Waals surface area (Å²) >= 11 is 0. The zero-order valence-corrected chi connectivity index (χ0v) is 15.5. The summed E-state index contributed by atoms with van der Waals surface area (Å²) in [6.45, 7) is 2.22. The van der Waals surface area contributed by atoms with Crippen LogP contribution in [0.15, 0.2) is 36.9 Å². The number of rotatable bonds is 5. The van der Waals surface area contributed by atoms with Crippen LogP contribution in [0.4, 0.5) is 0 Å². The van der Waals surface area contributed by atoms with Crippen LogP contribution in [0.5, 0.6) is 11.8 Å². The number of nitrogens with zero attached hydrogens (tertiary/aromatic N) is 7. The van der Waals surface area contributed by atoms with Gasteiger partial charge in [0.15, 0.2) is 0 Å². The summed E-state index contributed by atoms with van der Waals surface area (Å²) in [7, 11) is 0. The Balaban J connectivity index is 1.31. The number of ether oxygens (including phenoxy) is 3. The van der Waals surface area contributed by atoms with E-state index < -0.39 is 0 Å². The molecule has 5 rings (SSSR count). The van der Waals surface area contributed by atoms with Crippen molar-refractivity contribution >= 4 is 5.91 Å². The van der Waals surface area contributed by atoms with Gasteiger partial charge in [-0.2, -0.15) is 9.78 Å². The van der Waals surface area contributed by atoms with E-state index in [1.807, 2.05) is 12.1 Å². The lowest BCUT2D eigenvalue weighted by molar-refractivity contribution is -0.120. The maximum atomic E-state index is 11.4. The molecule has 0 radical (unpaired) electrons. The Labute approximate surface area is 164 Å². The first-order valence-corrected chi connectivity index (χ1v) is 9.10. The van der Waals surface area contributed by atoms with E-state index >= 15 is 0 Å². The van der Waals surface area contributed by atoms with Gasteiger partial charge in [0.1, 0.15) is 36.7 Å². The van der Waals surface area contributed by atoms with E-state index in [0.29, 0.717) is 19.0 Å². The number of nitrogens with one attached hydrogen (secondary N) is 1. The third-order valence-electron chi connectivity index (χ3n) is 4.92. The maximum Gasteiger partial charge on any atom is 0.341 e. The predicted octanol–water partition coefficient (Wildman–Crippen LogP) is -0.110. The zero-order chi connectivity index (χ0) is 19.8. The van der Waals surface area contributed by atoms with E-state index in [-0.39, 0.29) is 36.2 Å². The van der Waals surface area contributed by atoms with Crippen LogP contribution in [0.2, 0.25) is 0 Å². The Bertz CT molecular complexity index is 989. The second kappa shape index (κ2) is 7.22. The van der Waals surface area contributed by atoms with Gasteiger partial charge in [0, 0.05) is 6.92 Å². The molecular weight excluding hydrogens is 380 g/mol. The van der Waals surface area contributed by atoms with E-state index in [9.17, 15) is 4.79 Å². The maximum absolute atomic E-state index is 11.4.